The SMILES string of the molecule is COc1ccc(CNc2c(C#N)c(C#Cc3c(Cl)cc(C4CC4)c4c3cnn4C3CC3)nn2C2CCN(C(=O)O)C2)cc1. The first-order valence-electron chi connectivity index (χ1n) is 14.5. The molecule has 7 rings (SSSR count). The van der Waals surface area contributed by atoms with E-state index in [1.807, 2.05) is 36.5 Å². The Morgan fingerprint density at radius 3 is 2.56 bits per heavy atom. The number of rotatable bonds is 7. The average molecular weight is 596 g/mol. The summed E-state index contributed by atoms with van der Waals surface area (Å²) < 4.78 is 9.13. The van der Waals surface area contributed by atoms with Crippen LogP contribution in [-0.4, -0.2) is 55.9 Å². The third kappa shape index (κ3) is 5.13. The van der Waals surface area contributed by atoms with Crippen LogP contribution in [0.3, 0.4) is 0 Å². The molecule has 10 nitrogen and oxygen atoms in total. The molecule has 0 spiro atoms. The number of nitriles is 1. The summed E-state index contributed by atoms with van der Waals surface area (Å²) >= 11 is 6.84. The summed E-state index contributed by atoms with van der Waals surface area (Å²) in [6.07, 6.45) is 6.03. The van der Waals surface area contributed by atoms with Gasteiger partial charge in [0.15, 0.2) is 5.69 Å². The number of fused-ring (bicyclic) bond motifs is 1. The van der Waals surface area contributed by atoms with Crippen molar-refractivity contribution >= 4 is 34.4 Å². The molecule has 0 bridgehead atoms. The van der Waals surface area contributed by atoms with Crippen molar-refractivity contribution in [3.8, 4) is 23.7 Å². The van der Waals surface area contributed by atoms with Gasteiger partial charge in [0.05, 0.1) is 41.5 Å². The lowest BCUT2D eigenvalue weighted by Crippen LogP contribution is -2.27. The number of ether oxygens (including phenoxy) is 1. The second-order valence-electron chi connectivity index (χ2n) is 11.4. The zero-order valence-corrected chi connectivity index (χ0v) is 24.4. The molecule has 2 saturated carbocycles. The van der Waals surface area contributed by atoms with Gasteiger partial charge in [-0.15, -0.1) is 0 Å². The minimum absolute atomic E-state index is 0.234. The summed E-state index contributed by atoms with van der Waals surface area (Å²) in [5.41, 5.74) is 4.65. The van der Waals surface area contributed by atoms with Gasteiger partial charge in [0.2, 0.25) is 0 Å². The molecule has 218 valence electrons. The second-order valence-corrected chi connectivity index (χ2v) is 11.8. The lowest BCUT2D eigenvalue weighted by Gasteiger charge is -2.16. The Bertz CT molecular complexity index is 1830. The Labute approximate surface area is 253 Å². The normalized spacial score (nSPS) is 17.9. The van der Waals surface area contributed by atoms with E-state index in [2.05, 4.69) is 27.9 Å². The monoisotopic (exact) mass is 595 g/mol. The van der Waals surface area contributed by atoms with Crippen molar-refractivity contribution in [2.75, 3.05) is 25.5 Å². The van der Waals surface area contributed by atoms with Crippen LogP contribution >= 0.6 is 11.6 Å². The number of carbonyl (C=O) groups is 1. The molecule has 11 heteroatoms. The third-order valence-electron chi connectivity index (χ3n) is 8.50. The zero-order valence-electron chi connectivity index (χ0n) is 23.7. The predicted molar refractivity (Wildman–Crippen MR) is 161 cm³/mol. The number of benzene rings is 2. The van der Waals surface area contributed by atoms with Gasteiger partial charge in [-0.25, -0.2) is 9.48 Å². The van der Waals surface area contributed by atoms with Crippen LogP contribution < -0.4 is 10.1 Å². The maximum atomic E-state index is 11.6. The summed E-state index contributed by atoms with van der Waals surface area (Å²) in [6.45, 7) is 1.11. The van der Waals surface area contributed by atoms with Crippen LogP contribution in [0.2, 0.25) is 5.02 Å². The summed E-state index contributed by atoms with van der Waals surface area (Å²) in [5, 5.41) is 34.2. The summed E-state index contributed by atoms with van der Waals surface area (Å²) in [5.74, 6) is 8.17. The van der Waals surface area contributed by atoms with E-state index in [0.717, 1.165) is 47.9 Å². The number of nitrogens with one attached hydrogen (secondary N) is 1. The first-order valence-corrected chi connectivity index (χ1v) is 14.9. The van der Waals surface area contributed by atoms with Crippen molar-refractivity contribution in [1.29, 1.82) is 5.26 Å². The molecule has 1 amide bonds. The molecule has 2 N–H and O–H groups in total. The molecule has 1 saturated heterocycles. The minimum atomic E-state index is -0.969. The molecule has 43 heavy (non-hydrogen) atoms. The Hall–Kier alpha value is -4.67. The Kier molecular flexibility index (Phi) is 6.87. The molecule has 2 aromatic carbocycles. The van der Waals surface area contributed by atoms with Crippen LogP contribution in [0.1, 0.15) is 78.1 Å². The molecular formula is C32H30ClN7O3. The zero-order chi connectivity index (χ0) is 29.7. The van der Waals surface area contributed by atoms with E-state index >= 15 is 0 Å². The van der Waals surface area contributed by atoms with Gasteiger partial charge in [-0.1, -0.05) is 29.7 Å². The van der Waals surface area contributed by atoms with Crippen molar-refractivity contribution in [1.82, 2.24) is 24.5 Å². The Morgan fingerprint density at radius 2 is 1.91 bits per heavy atom. The van der Waals surface area contributed by atoms with E-state index in [1.165, 1.54) is 10.5 Å². The minimum Gasteiger partial charge on any atom is -0.497 e. The smallest absolute Gasteiger partial charge is 0.407 e. The van der Waals surface area contributed by atoms with Gasteiger partial charge in [-0.2, -0.15) is 15.5 Å². The molecule has 2 aromatic heterocycles. The van der Waals surface area contributed by atoms with E-state index < -0.39 is 6.09 Å². The van der Waals surface area contributed by atoms with Gasteiger partial charge in [0.25, 0.3) is 0 Å². The number of hydrogen-bond donors (Lipinski definition) is 2. The number of halogens is 1. The lowest BCUT2D eigenvalue weighted by molar-refractivity contribution is 0.154. The molecule has 2 aliphatic carbocycles. The van der Waals surface area contributed by atoms with Crippen LogP contribution in [0.15, 0.2) is 36.5 Å². The standard InChI is InChI=1S/C32H30ClN7O3/c1-43-23-8-2-19(3-9-23)16-35-31-26(15-34)29(37-40(31)22-12-13-38(18-22)32(41)42)11-10-24-27-17-36-39(21-6-7-21)30(27)25(14-28(24)33)20-4-5-20/h2-3,8-9,14,17,20-22,35H,4-7,12-13,16,18H2,1H3,(H,41,42). The summed E-state index contributed by atoms with van der Waals surface area (Å²) in [6, 6.07) is 12.2. The number of hydrogen-bond acceptors (Lipinski definition) is 6. The van der Waals surface area contributed by atoms with Gasteiger partial charge in [-0.3, -0.25) is 4.68 Å². The fourth-order valence-electron chi connectivity index (χ4n) is 5.89. The molecule has 1 atom stereocenters. The number of carboxylic acid groups (broad SMARTS) is 1. The van der Waals surface area contributed by atoms with Gasteiger partial charge < -0.3 is 20.1 Å². The van der Waals surface area contributed by atoms with E-state index in [4.69, 9.17) is 26.5 Å². The first-order chi connectivity index (χ1) is 20.9. The van der Waals surface area contributed by atoms with Crippen molar-refractivity contribution in [2.24, 2.45) is 0 Å². The number of aromatic nitrogens is 4. The highest BCUT2D eigenvalue weighted by Crippen LogP contribution is 2.47. The van der Waals surface area contributed by atoms with Crippen LogP contribution in [0.4, 0.5) is 10.6 Å². The maximum absolute atomic E-state index is 11.6. The topological polar surface area (TPSA) is 121 Å². The third-order valence-corrected chi connectivity index (χ3v) is 8.79. The second kappa shape index (κ2) is 10.9. The van der Waals surface area contributed by atoms with Crippen LogP contribution in [0.5, 0.6) is 5.75 Å². The first kappa shape index (κ1) is 27.2. The fraction of sp³-hybridized carbons (Fsp3) is 0.375. The number of amides is 1. The number of methoxy groups -OCH3 is 1. The molecule has 1 aliphatic heterocycles. The summed E-state index contributed by atoms with van der Waals surface area (Å²) in [4.78, 5) is 13.0. The van der Waals surface area contributed by atoms with Crippen molar-refractivity contribution in [3.05, 3.63) is 69.5 Å². The molecule has 3 fully saturated rings. The Balaban J connectivity index is 1.28. The number of likely N-dealkylation sites (tertiary alicyclic amines) is 1. The fourth-order valence-corrected chi connectivity index (χ4v) is 6.16. The van der Waals surface area contributed by atoms with Gasteiger partial charge >= 0.3 is 6.09 Å². The highest BCUT2D eigenvalue weighted by Gasteiger charge is 2.33. The van der Waals surface area contributed by atoms with E-state index in [0.29, 0.717) is 59.1 Å². The van der Waals surface area contributed by atoms with E-state index in [-0.39, 0.29) is 12.6 Å². The number of nitrogens with zero attached hydrogens (tertiary/aromatic N) is 6. The van der Waals surface area contributed by atoms with Gasteiger partial charge in [0.1, 0.15) is 23.2 Å². The maximum Gasteiger partial charge on any atom is 0.407 e. The number of anilines is 1. The summed E-state index contributed by atoms with van der Waals surface area (Å²) in [7, 11) is 1.62. The highest BCUT2D eigenvalue weighted by molar-refractivity contribution is 6.33. The van der Waals surface area contributed by atoms with Crippen molar-refractivity contribution in [2.45, 2.75) is 56.7 Å². The van der Waals surface area contributed by atoms with Gasteiger partial charge in [-0.05, 0) is 73.3 Å². The van der Waals surface area contributed by atoms with Crippen LogP contribution in [0, 0.1) is 23.2 Å². The van der Waals surface area contributed by atoms with E-state index in [9.17, 15) is 15.2 Å². The van der Waals surface area contributed by atoms with Gasteiger partial charge in [0, 0.05) is 25.0 Å². The quantitative estimate of drug-likeness (QED) is 0.255. The largest absolute Gasteiger partial charge is 0.497 e. The molecule has 0 radical (unpaired) electrons. The van der Waals surface area contributed by atoms with Crippen LogP contribution in [0.25, 0.3) is 10.9 Å². The van der Waals surface area contributed by atoms with Crippen molar-refractivity contribution < 1.29 is 14.6 Å². The predicted octanol–water partition coefficient (Wildman–Crippen LogP) is 5.92. The molecule has 3 heterocycles. The molecular weight excluding hydrogens is 566 g/mol. The van der Waals surface area contributed by atoms with E-state index in [1.54, 1.807) is 11.8 Å². The van der Waals surface area contributed by atoms with Crippen molar-refractivity contribution in [3.63, 3.8) is 0 Å². The highest BCUT2D eigenvalue weighted by atomic mass is 35.5. The van der Waals surface area contributed by atoms with Crippen LogP contribution in [-0.2, 0) is 6.54 Å². The molecule has 3 aliphatic rings. The average Bonchev–Trinajstić information content (AvgIpc) is 3.91. The molecule has 4 aromatic rings. The Morgan fingerprint density at radius 1 is 1.12 bits per heavy atom. The molecule has 1 unspecified atom stereocenters. The lowest BCUT2D eigenvalue weighted by atomic mass is 10.0.